The monoisotopic (exact) mass is 325 g/mol. The van der Waals surface area contributed by atoms with Crippen LogP contribution in [0.4, 0.5) is 5.69 Å². The van der Waals surface area contributed by atoms with E-state index in [0.29, 0.717) is 11.4 Å². The Morgan fingerprint density at radius 1 is 1.08 bits per heavy atom. The number of nitrogens with one attached hydrogen (secondary N) is 2. The van der Waals surface area contributed by atoms with Crippen LogP contribution in [-0.2, 0) is 9.59 Å². The summed E-state index contributed by atoms with van der Waals surface area (Å²) >= 11 is 0. The highest BCUT2D eigenvalue weighted by Crippen LogP contribution is 2.14. The average molecular weight is 325 g/mol. The van der Waals surface area contributed by atoms with E-state index in [4.69, 9.17) is 4.74 Å². The number of carbonyl (C=O) groups is 2. The van der Waals surface area contributed by atoms with E-state index in [-0.39, 0.29) is 6.42 Å². The first kappa shape index (κ1) is 17.2. The number of nitrogens with zero attached hydrogens (tertiary/aromatic N) is 1. The summed E-state index contributed by atoms with van der Waals surface area (Å²) in [4.78, 5) is 23.6. The normalized spacial score (nSPS) is 10.4. The van der Waals surface area contributed by atoms with Gasteiger partial charge in [0, 0.05) is 11.3 Å². The Morgan fingerprint density at radius 2 is 1.79 bits per heavy atom. The number of para-hydroxylation sites is 2. The summed E-state index contributed by atoms with van der Waals surface area (Å²) in [5, 5.41) is 6.54. The predicted molar refractivity (Wildman–Crippen MR) is 93.2 cm³/mol. The van der Waals surface area contributed by atoms with Crippen molar-refractivity contribution in [2.24, 2.45) is 5.10 Å². The molecule has 0 unspecified atom stereocenters. The fourth-order valence-corrected chi connectivity index (χ4v) is 2.04. The van der Waals surface area contributed by atoms with Crippen LogP contribution in [0, 0.1) is 6.92 Å². The van der Waals surface area contributed by atoms with Crippen LogP contribution in [0.1, 0.15) is 17.5 Å². The van der Waals surface area contributed by atoms with Crippen LogP contribution >= 0.6 is 0 Å². The highest BCUT2D eigenvalue weighted by molar-refractivity contribution is 6.04. The van der Waals surface area contributed by atoms with Crippen molar-refractivity contribution in [3.8, 4) is 5.75 Å². The second-order valence-electron chi connectivity index (χ2n) is 5.08. The van der Waals surface area contributed by atoms with E-state index in [0.717, 1.165) is 11.1 Å². The number of carbonyl (C=O) groups excluding carboxylic acids is 2. The van der Waals surface area contributed by atoms with Crippen molar-refractivity contribution in [1.29, 1.82) is 0 Å². The van der Waals surface area contributed by atoms with Gasteiger partial charge < -0.3 is 10.1 Å². The molecule has 24 heavy (non-hydrogen) atoms. The van der Waals surface area contributed by atoms with Gasteiger partial charge in [0.25, 0.3) is 0 Å². The van der Waals surface area contributed by atoms with Crippen molar-refractivity contribution < 1.29 is 14.3 Å². The van der Waals surface area contributed by atoms with Crippen LogP contribution < -0.4 is 15.5 Å². The number of aryl methyl sites for hydroxylation is 1. The van der Waals surface area contributed by atoms with Gasteiger partial charge in [-0.2, -0.15) is 5.10 Å². The molecule has 0 bridgehead atoms. The molecule has 0 fully saturated rings. The fourth-order valence-electron chi connectivity index (χ4n) is 2.04. The third kappa shape index (κ3) is 4.95. The van der Waals surface area contributed by atoms with Crippen molar-refractivity contribution in [3.05, 3.63) is 59.7 Å². The van der Waals surface area contributed by atoms with Gasteiger partial charge in [-0.3, -0.25) is 9.59 Å². The molecule has 2 rings (SSSR count). The van der Waals surface area contributed by atoms with Gasteiger partial charge in [-0.05, 0) is 30.7 Å². The second-order valence-corrected chi connectivity index (χ2v) is 5.08. The van der Waals surface area contributed by atoms with Crippen molar-refractivity contribution in [1.82, 2.24) is 5.43 Å². The van der Waals surface area contributed by atoms with Gasteiger partial charge in [0.05, 0.1) is 13.3 Å². The zero-order valence-corrected chi connectivity index (χ0v) is 13.6. The number of rotatable bonds is 6. The van der Waals surface area contributed by atoms with Gasteiger partial charge >= 0.3 is 0 Å². The molecule has 0 radical (unpaired) electrons. The van der Waals surface area contributed by atoms with Gasteiger partial charge in [-0.1, -0.05) is 30.3 Å². The third-order valence-electron chi connectivity index (χ3n) is 3.27. The summed E-state index contributed by atoms with van der Waals surface area (Å²) in [5.74, 6) is -0.241. The van der Waals surface area contributed by atoms with Crippen molar-refractivity contribution >= 4 is 23.7 Å². The highest BCUT2D eigenvalue weighted by Gasteiger charge is 2.10. The van der Waals surface area contributed by atoms with E-state index in [9.17, 15) is 9.59 Å². The zero-order chi connectivity index (χ0) is 17.4. The lowest BCUT2D eigenvalue weighted by molar-refractivity contribution is -0.126. The SMILES string of the molecule is COc1ccccc1C=NNC(=O)CC(=O)Nc1ccccc1C. The van der Waals surface area contributed by atoms with Crippen LogP contribution in [0.3, 0.4) is 0 Å². The lowest BCUT2D eigenvalue weighted by Gasteiger charge is -2.07. The van der Waals surface area contributed by atoms with Gasteiger partial charge in [0.1, 0.15) is 12.2 Å². The number of methoxy groups -OCH3 is 1. The highest BCUT2D eigenvalue weighted by atomic mass is 16.5. The Morgan fingerprint density at radius 3 is 2.54 bits per heavy atom. The average Bonchev–Trinajstić information content (AvgIpc) is 2.57. The Bertz CT molecular complexity index is 757. The standard InChI is InChI=1S/C18H19N3O3/c1-13-7-3-5-9-15(13)20-17(22)11-18(23)21-19-12-14-8-4-6-10-16(14)24-2/h3-10,12H,11H2,1-2H3,(H,20,22)(H,21,23). The number of hydrogen-bond donors (Lipinski definition) is 2. The number of ether oxygens (including phenoxy) is 1. The molecule has 0 heterocycles. The van der Waals surface area contributed by atoms with E-state index >= 15 is 0 Å². The number of hydrogen-bond acceptors (Lipinski definition) is 4. The van der Waals surface area contributed by atoms with Crippen LogP contribution in [0.25, 0.3) is 0 Å². The van der Waals surface area contributed by atoms with E-state index in [2.05, 4.69) is 15.8 Å². The molecule has 0 saturated heterocycles. The van der Waals surface area contributed by atoms with Crippen molar-refractivity contribution in [2.75, 3.05) is 12.4 Å². The van der Waals surface area contributed by atoms with E-state index < -0.39 is 11.8 Å². The smallest absolute Gasteiger partial charge is 0.249 e. The van der Waals surface area contributed by atoms with Gasteiger partial charge in [0.15, 0.2) is 0 Å². The molecule has 0 atom stereocenters. The van der Waals surface area contributed by atoms with Gasteiger partial charge in [0.2, 0.25) is 11.8 Å². The van der Waals surface area contributed by atoms with Gasteiger partial charge in [-0.25, -0.2) is 5.43 Å². The molecule has 2 aromatic rings. The molecule has 0 aliphatic rings. The van der Waals surface area contributed by atoms with E-state index in [1.807, 2.05) is 37.3 Å². The van der Waals surface area contributed by atoms with Crippen molar-refractivity contribution in [2.45, 2.75) is 13.3 Å². The first-order chi connectivity index (χ1) is 11.6. The van der Waals surface area contributed by atoms with Crippen LogP contribution in [0.5, 0.6) is 5.75 Å². The number of anilines is 1. The van der Waals surface area contributed by atoms with Crippen LogP contribution in [-0.4, -0.2) is 25.1 Å². The summed E-state index contributed by atoms with van der Waals surface area (Å²) in [6.07, 6.45) is 1.16. The molecule has 2 aromatic carbocycles. The topological polar surface area (TPSA) is 79.8 Å². The molecule has 0 aromatic heterocycles. The number of benzene rings is 2. The summed E-state index contributed by atoms with van der Waals surface area (Å²) in [6, 6.07) is 14.6. The Kier molecular flexibility index (Phi) is 6.08. The Hall–Kier alpha value is -3.15. The molecule has 0 aliphatic heterocycles. The summed E-state index contributed by atoms with van der Waals surface area (Å²) in [6.45, 7) is 1.88. The summed E-state index contributed by atoms with van der Waals surface area (Å²) in [5.41, 5.74) is 4.67. The maximum Gasteiger partial charge on any atom is 0.249 e. The van der Waals surface area contributed by atoms with Crippen LogP contribution in [0.15, 0.2) is 53.6 Å². The minimum Gasteiger partial charge on any atom is -0.496 e. The largest absolute Gasteiger partial charge is 0.496 e. The lowest BCUT2D eigenvalue weighted by Crippen LogP contribution is -2.24. The lowest BCUT2D eigenvalue weighted by atomic mass is 10.2. The molecule has 6 heteroatoms. The third-order valence-corrected chi connectivity index (χ3v) is 3.27. The van der Waals surface area contributed by atoms with Crippen molar-refractivity contribution in [3.63, 3.8) is 0 Å². The molecule has 124 valence electrons. The fraction of sp³-hybridized carbons (Fsp3) is 0.167. The molecule has 0 saturated carbocycles. The van der Waals surface area contributed by atoms with E-state index in [1.54, 1.807) is 25.3 Å². The first-order valence-electron chi connectivity index (χ1n) is 7.40. The molecule has 2 N–H and O–H groups in total. The molecular weight excluding hydrogens is 306 g/mol. The number of hydrazone groups is 1. The number of amides is 2. The first-order valence-corrected chi connectivity index (χ1v) is 7.40. The molecule has 6 nitrogen and oxygen atoms in total. The molecular formula is C18H19N3O3. The second kappa shape index (κ2) is 8.47. The Balaban J connectivity index is 1.86. The molecule has 2 amide bonds. The predicted octanol–water partition coefficient (Wildman–Crippen LogP) is 2.48. The maximum absolute atomic E-state index is 11.9. The maximum atomic E-state index is 11.9. The summed E-state index contributed by atoms with van der Waals surface area (Å²) < 4.78 is 5.18. The molecule has 0 spiro atoms. The Labute approximate surface area is 140 Å². The minimum absolute atomic E-state index is 0.308. The van der Waals surface area contributed by atoms with Crippen LogP contribution in [0.2, 0.25) is 0 Å². The van der Waals surface area contributed by atoms with E-state index in [1.165, 1.54) is 6.21 Å². The zero-order valence-electron chi connectivity index (χ0n) is 13.6. The molecule has 0 aliphatic carbocycles. The van der Waals surface area contributed by atoms with Gasteiger partial charge in [-0.15, -0.1) is 0 Å². The summed E-state index contributed by atoms with van der Waals surface area (Å²) in [7, 11) is 1.56. The minimum atomic E-state index is -0.493. The quantitative estimate of drug-likeness (QED) is 0.486.